The highest BCUT2D eigenvalue weighted by molar-refractivity contribution is 5.16. The van der Waals surface area contributed by atoms with Crippen LogP contribution in [-0.2, 0) is 13.6 Å². The average molecular weight is 268 g/mol. The van der Waals surface area contributed by atoms with Gasteiger partial charge in [0.15, 0.2) is 0 Å². The molecule has 1 N–H and O–H groups in total. The quantitative estimate of drug-likeness (QED) is 0.771. The third-order valence-electron chi connectivity index (χ3n) is 3.16. The number of imidazole rings is 1. The Hall–Kier alpha value is -2.40. The molecule has 5 nitrogen and oxygen atoms in total. The van der Waals surface area contributed by atoms with Gasteiger partial charge >= 0.3 is 0 Å². The van der Waals surface area contributed by atoms with Crippen molar-refractivity contribution in [3.63, 3.8) is 0 Å². The summed E-state index contributed by atoms with van der Waals surface area (Å²) in [6.07, 6.45) is 7.18. The molecule has 0 aromatic carbocycles. The molecule has 3 rings (SSSR count). The lowest BCUT2D eigenvalue weighted by molar-refractivity contribution is 0.428. The molecule has 0 spiro atoms. The van der Waals surface area contributed by atoms with E-state index in [9.17, 15) is 0 Å². The summed E-state index contributed by atoms with van der Waals surface area (Å²) in [5, 5.41) is 3.44. The maximum atomic E-state index is 5.53. The molecule has 3 heterocycles. The van der Waals surface area contributed by atoms with Gasteiger partial charge in [0.2, 0.25) is 0 Å². The minimum absolute atomic E-state index is 0.0907. The van der Waals surface area contributed by atoms with Gasteiger partial charge in [0.05, 0.1) is 12.0 Å². The number of aryl methyl sites for hydroxylation is 1. The van der Waals surface area contributed by atoms with Crippen molar-refractivity contribution in [1.82, 2.24) is 19.9 Å². The summed E-state index contributed by atoms with van der Waals surface area (Å²) in [7, 11) is 1.97. The normalized spacial score (nSPS) is 12.4. The summed E-state index contributed by atoms with van der Waals surface area (Å²) in [6, 6.07) is 9.62. The highest BCUT2D eigenvalue weighted by Crippen LogP contribution is 2.21. The third kappa shape index (κ3) is 2.62. The van der Waals surface area contributed by atoms with E-state index in [1.54, 1.807) is 18.7 Å². The lowest BCUT2D eigenvalue weighted by Gasteiger charge is -2.16. The van der Waals surface area contributed by atoms with Gasteiger partial charge in [-0.3, -0.25) is 10.3 Å². The fourth-order valence-electron chi connectivity index (χ4n) is 2.14. The zero-order valence-electron chi connectivity index (χ0n) is 11.2. The Morgan fingerprint density at radius 3 is 2.80 bits per heavy atom. The third-order valence-corrected chi connectivity index (χ3v) is 3.16. The van der Waals surface area contributed by atoms with Crippen LogP contribution in [0, 0.1) is 0 Å². The van der Waals surface area contributed by atoms with E-state index in [2.05, 4.69) is 15.3 Å². The van der Waals surface area contributed by atoms with Gasteiger partial charge in [-0.1, -0.05) is 6.07 Å². The molecule has 102 valence electrons. The Morgan fingerprint density at radius 2 is 2.15 bits per heavy atom. The fourth-order valence-corrected chi connectivity index (χ4v) is 2.14. The van der Waals surface area contributed by atoms with Crippen LogP contribution in [0.25, 0.3) is 0 Å². The first-order valence-corrected chi connectivity index (χ1v) is 6.48. The van der Waals surface area contributed by atoms with E-state index in [0.29, 0.717) is 6.54 Å². The number of aromatic nitrogens is 3. The van der Waals surface area contributed by atoms with Crippen LogP contribution in [-0.4, -0.2) is 14.5 Å². The largest absolute Gasteiger partial charge is 0.467 e. The zero-order valence-corrected chi connectivity index (χ0v) is 11.2. The second kappa shape index (κ2) is 5.71. The van der Waals surface area contributed by atoms with E-state index in [1.165, 1.54) is 0 Å². The molecule has 0 saturated carbocycles. The van der Waals surface area contributed by atoms with E-state index < -0.39 is 0 Å². The summed E-state index contributed by atoms with van der Waals surface area (Å²) < 4.78 is 7.51. The Kier molecular flexibility index (Phi) is 3.60. The van der Waals surface area contributed by atoms with E-state index >= 15 is 0 Å². The van der Waals surface area contributed by atoms with Crippen molar-refractivity contribution in [2.45, 2.75) is 12.6 Å². The van der Waals surface area contributed by atoms with E-state index in [4.69, 9.17) is 4.42 Å². The van der Waals surface area contributed by atoms with Crippen LogP contribution in [0.1, 0.15) is 23.3 Å². The van der Waals surface area contributed by atoms with Crippen LogP contribution < -0.4 is 5.32 Å². The molecule has 3 aromatic rings. The van der Waals surface area contributed by atoms with Crippen molar-refractivity contribution in [3.8, 4) is 0 Å². The lowest BCUT2D eigenvalue weighted by Crippen LogP contribution is -2.24. The maximum Gasteiger partial charge on any atom is 0.133 e. The first-order valence-electron chi connectivity index (χ1n) is 6.48. The predicted molar refractivity (Wildman–Crippen MR) is 74.8 cm³/mol. The van der Waals surface area contributed by atoms with Gasteiger partial charge in [0, 0.05) is 32.2 Å². The van der Waals surface area contributed by atoms with Crippen molar-refractivity contribution >= 4 is 0 Å². The van der Waals surface area contributed by atoms with Crippen molar-refractivity contribution in [2.24, 2.45) is 7.05 Å². The van der Waals surface area contributed by atoms with E-state index in [0.717, 1.165) is 17.3 Å². The van der Waals surface area contributed by atoms with Gasteiger partial charge in [-0.25, -0.2) is 4.98 Å². The molecule has 5 heteroatoms. The number of rotatable bonds is 5. The number of pyridine rings is 1. The van der Waals surface area contributed by atoms with Gasteiger partial charge in [-0.05, 0) is 24.3 Å². The lowest BCUT2D eigenvalue weighted by atomic mass is 10.2. The Balaban J connectivity index is 1.82. The minimum atomic E-state index is -0.0907. The fraction of sp³-hybridized carbons (Fsp3) is 0.200. The molecule has 0 saturated heterocycles. The number of furan rings is 1. The van der Waals surface area contributed by atoms with Crippen LogP contribution in [0.3, 0.4) is 0 Å². The monoisotopic (exact) mass is 268 g/mol. The topological polar surface area (TPSA) is 55.9 Å². The second-order valence-corrected chi connectivity index (χ2v) is 4.55. The van der Waals surface area contributed by atoms with Crippen molar-refractivity contribution in [2.75, 3.05) is 0 Å². The summed E-state index contributed by atoms with van der Waals surface area (Å²) >= 11 is 0. The summed E-state index contributed by atoms with van der Waals surface area (Å²) in [6.45, 7) is 0.652. The summed E-state index contributed by atoms with van der Waals surface area (Å²) in [4.78, 5) is 8.72. The summed E-state index contributed by atoms with van der Waals surface area (Å²) in [5.41, 5.74) is 0.985. The molecule has 0 bridgehead atoms. The first kappa shape index (κ1) is 12.6. The Bertz CT molecular complexity index is 646. The second-order valence-electron chi connectivity index (χ2n) is 4.55. The maximum absolute atomic E-state index is 5.53. The van der Waals surface area contributed by atoms with Gasteiger partial charge in [-0.15, -0.1) is 0 Å². The highest BCUT2D eigenvalue weighted by Gasteiger charge is 2.20. The van der Waals surface area contributed by atoms with Crippen LogP contribution in [0.4, 0.5) is 0 Å². The molecule has 0 aliphatic carbocycles. The highest BCUT2D eigenvalue weighted by atomic mass is 16.3. The number of nitrogens with one attached hydrogen (secondary N) is 1. The zero-order chi connectivity index (χ0) is 13.8. The van der Waals surface area contributed by atoms with Crippen molar-refractivity contribution < 1.29 is 4.42 Å². The molecule has 1 atom stereocenters. The number of nitrogens with zero attached hydrogens (tertiary/aromatic N) is 3. The molecule has 0 amide bonds. The van der Waals surface area contributed by atoms with Gasteiger partial charge in [-0.2, -0.15) is 0 Å². The average Bonchev–Trinajstić information content (AvgIpc) is 3.13. The van der Waals surface area contributed by atoms with Crippen LogP contribution in [0.15, 0.2) is 59.6 Å². The van der Waals surface area contributed by atoms with Crippen LogP contribution in [0.5, 0.6) is 0 Å². The van der Waals surface area contributed by atoms with Crippen molar-refractivity contribution in [3.05, 3.63) is 72.5 Å². The molecule has 1 unspecified atom stereocenters. The summed E-state index contributed by atoms with van der Waals surface area (Å²) in [5.74, 6) is 1.76. The molecular formula is C15H16N4O. The minimum Gasteiger partial charge on any atom is -0.467 e. The van der Waals surface area contributed by atoms with Gasteiger partial charge in [0.25, 0.3) is 0 Å². The molecular weight excluding hydrogens is 252 g/mol. The van der Waals surface area contributed by atoms with Crippen LogP contribution in [0.2, 0.25) is 0 Å². The molecule has 3 aromatic heterocycles. The molecule has 0 fully saturated rings. The van der Waals surface area contributed by atoms with Gasteiger partial charge in [0.1, 0.15) is 17.6 Å². The van der Waals surface area contributed by atoms with Gasteiger partial charge < -0.3 is 8.98 Å². The standard InChI is InChI=1S/C15H16N4O/c1-19-9-8-17-15(19)14(13-6-4-10-20-13)18-11-12-5-2-3-7-16-12/h2-10,14,18H,11H2,1H3. The smallest absolute Gasteiger partial charge is 0.133 e. The molecule has 0 aliphatic rings. The number of hydrogen-bond acceptors (Lipinski definition) is 4. The molecule has 0 radical (unpaired) electrons. The SMILES string of the molecule is Cn1ccnc1C(NCc1ccccn1)c1ccco1. The van der Waals surface area contributed by atoms with Crippen LogP contribution >= 0.6 is 0 Å². The molecule has 20 heavy (non-hydrogen) atoms. The Labute approximate surface area is 117 Å². The van der Waals surface area contributed by atoms with E-state index in [-0.39, 0.29) is 6.04 Å². The molecule has 0 aliphatic heterocycles. The Morgan fingerprint density at radius 1 is 1.20 bits per heavy atom. The predicted octanol–water partition coefficient (Wildman–Crippen LogP) is 2.29. The van der Waals surface area contributed by atoms with E-state index in [1.807, 2.05) is 48.1 Å². The first-order chi connectivity index (χ1) is 9.84. The van der Waals surface area contributed by atoms with Crippen molar-refractivity contribution in [1.29, 1.82) is 0 Å². The number of hydrogen-bond donors (Lipinski definition) is 1.